The van der Waals surface area contributed by atoms with Crippen LogP contribution >= 0.6 is 11.3 Å². The number of thiazole rings is 1. The third-order valence-corrected chi connectivity index (χ3v) is 5.99. The number of carbonyl (C=O) groups excluding carboxylic acids is 1. The van der Waals surface area contributed by atoms with Gasteiger partial charge in [-0.15, -0.1) is 11.3 Å². The minimum absolute atomic E-state index is 0.0297. The second-order valence-electron chi connectivity index (χ2n) is 6.94. The number of fused-ring (bicyclic) bond motifs is 1. The van der Waals surface area contributed by atoms with E-state index in [1.807, 2.05) is 36.1 Å². The van der Waals surface area contributed by atoms with Crippen molar-refractivity contribution in [3.05, 3.63) is 64.2 Å². The highest BCUT2D eigenvalue weighted by molar-refractivity contribution is 7.18. The van der Waals surface area contributed by atoms with Crippen LogP contribution in [0.3, 0.4) is 0 Å². The van der Waals surface area contributed by atoms with Gasteiger partial charge in [-0.25, -0.2) is 9.78 Å². The van der Waals surface area contributed by atoms with Crippen LogP contribution < -0.4 is 0 Å². The molecule has 1 N–H and O–H groups in total. The first-order valence-electron chi connectivity index (χ1n) is 9.01. The maximum Gasteiger partial charge on any atom is 0.335 e. The van der Waals surface area contributed by atoms with Gasteiger partial charge in [0.1, 0.15) is 0 Å². The van der Waals surface area contributed by atoms with Gasteiger partial charge in [-0.05, 0) is 55.7 Å². The molecule has 1 saturated heterocycles. The quantitative estimate of drug-likeness (QED) is 0.734. The standard InChI is InChI=1S/C21H20N2O3S/c1-13-22-18-8-7-15(11-19(18)27-13)20(24)23-9-3-6-17(12-23)14-4-2-5-16(10-14)21(25)26/h2,4-5,7-8,10-11,17H,3,6,9,12H2,1H3,(H,25,26)/t17-/m0/s1. The van der Waals surface area contributed by atoms with Crippen LogP contribution in [0.4, 0.5) is 0 Å². The first-order chi connectivity index (χ1) is 13.0. The van der Waals surface area contributed by atoms with Crippen molar-refractivity contribution in [2.24, 2.45) is 0 Å². The second-order valence-corrected chi connectivity index (χ2v) is 8.17. The molecule has 1 amide bonds. The van der Waals surface area contributed by atoms with E-state index in [-0.39, 0.29) is 11.8 Å². The van der Waals surface area contributed by atoms with Crippen molar-refractivity contribution in [1.29, 1.82) is 0 Å². The molecule has 1 fully saturated rings. The molecular formula is C21H20N2O3S. The Kier molecular flexibility index (Phi) is 4.66. The lowest BCUT2D eigenvalue weighted by Gasteiger charge is -2.33. The molecule has 0 spiro atoms. The molecule has 5 nitrogen and oxygen atoms in total. The van der Waals surface area contributed by atoms with Gasteiger partial charge in [0.05, 0.1) is 20.8 Å². The van der Waals surface area contributed by atoms with Crippen LogP contribution in [0.15, 0.2) is 42.5 Å². The summed E-state index contributed by atoms with van der Waals surface area (Å²) >= 11 is 1.59. The second kappa shape index (κ2) is 7.12. The number of aromatic nitrogens is 1. The molecule has 2 heterocycles. The van der Waals surface area contributed by atoms with E-state index < -0.39 is 5.97 Å². The van der Waals surface area contributed by atoms with E-state index in [9.17, 15) is 14.7 Å². The molecule has 0 saturated carbocycles. The number of aryl methyl sites for hydroxylation is 1. The van der Waals surface area contributed by atoms with E-state index in [1.165, 1.54) is 0 Å². The SMILES string of the molecule is Cc1nc2ccc(C(=O)N3CCC[C@H](c4cccc(C(=O)O)c4)C3)cc2s1. The number of nitrogens with zero attached hydrogens (tertiary/aromatic N) is 2. The highest BCUT2D eigenvalue weighted by Gasteiger charge is 2.26. The minimum atomic E-state index is -0.922. The number of carbonyl (C=O) groups is 2. The maximum atomic E-state index is 13.0. The van der Waals surface area contributed by atoms with Crippen LogP contribution in [0.2, 0.25) is 0 Å². The lowest BCUT2D eigenvalue weighted by molar-refractivity contribution is 0.0688. The molecule has 0 unspecified atom stereocenters. The van der Waals surface area contributed by atoms with Gasteiger partial charge in [-0.2, -0.15) is 0 Å². The Morgan fingerprint density at radius 3 is 2.85 bits per heavy atom. The predicted octanol–water partition coefficient (Wildman–Crippen LogP) is 4.32. The largest absolute Gasteiger partial charge is 0.478 e. The lowest BCUT2D eigenvalue weighted by Crippen LogP contribution is -2.39. The summed E-state index contributed by atoms with van der Waals surface area (Å²) in [6, 6.07) is 12.7. The summed E-state index contributed by atoms with van der Waals surface area (Å²) in [7, 11) is 0. The first-order valence-corrected chi connectivity index (χ1v) is 9.82. The van der Waals surface area contributed by atoms with Gasteiger partial charge in [0.25, 0.3) is 5.91 Å². The molecule has 0 bridgehead atoms. The molecule has 2 aromatic carbocycles. The van der Waals surface area contributed by atoms with E-state index in [0.29, 0.717) is 17.7 Å². The number of hydrogen-bond acceptors (Lipinski definition) is 4. The van der Waals surface area contributed by atoms with Crippen LogP contribution in [-0.4, -0.2) is 40.0 Å². The van der Waals surface area contributed by atoms with Crippen molar-refractivity contribution >= 4 is 33.4 Å². The number of benzene rings is 2. The molecule has 0 radical (unpaired) electrons. The fourth-order valence-corrected chi connectivity index (χ4v) is 4.58. The zero-order valence-electron chi connectivity index (χ0n) is 15.0. The summed E-state index contributed by atoms with van der Waals surface area (Å²) in [6.07, 6.45) is 1.87. The molecule has 3 aromatic rings. The van der Waals surface area contributed by atoms with E-state index in [0.717, 1.165) is 40.2 Å². The summed E-state index contributed by atoms with van der Waals surface area (Å²) in [5.74, 6) is -0.729. The molecule has 4 rings (SSSR count). The fourth-order valence-electron chi connectivity index (χ4n) is 3.71. The minimum Gasteiger partial charge on any atom is -0.478 e. The first kappa shape index (κ1) is 17.7. The molecule has 0 aliphatic carbocycles. The molecule has 1 aliphatic rings. The maximum absolute atomic E-state index is 13.0. The van der Waals surface area contributed by atoms with Crippen molar-refractivity contribution in [2.75, 3.05) is 13.1 Å². The Bertz CT molecular complexity index is 1030. The number of aromatic carboxylic acids is 1. The van der Waals surface area contributed by atoms with Crippen LogP contribution in [0, 0.1) is 6.92 Å². The monoisotopic (exact) mass is 380 g/mol. The number of carboxylic acids is 1. The summed E-state index contributed by atoms with van der Waals surface area (Å²) in [4.78, 5) is 30.6. The lowest BCUT2D eigenvalue weighted by atomic mass is 9.89. The normalized spacial score (nSPS) is 17.2. The highest BCUT2D eigenvalue weighted by Crippen LogP contribution is 2.29. The van der Waals surface area contributed by atoms with Crippen molar-refractivity contribution in [2.45, 2.75) is 25.7 Å². The van der Waals surface area contributed by atoms with Crippen molar-refractivity contribution in [1.82, 2.24) is 9.88 Å². The Hall–Kier alpha value is -2.73. The number of amides is 1. The molecular weight excluding hydrogens is 360 g/mol. The van der Waals surface area contributed by atoms with E-state index in [1.54, 1.807) is 29.5 Å². The van der Waals surface area contributed by atoms with Gasteiger partial charge in [0.15, 0.2) is 0 Å². The van der Waals surface area contributed by atoms with Gasteiger partial charge >= 0.3 is 5.97 Å². The molecule has 1 aromatic heterocycles. The third-order valence-electron chi connectivity index (χ3n) is 5.06. The summed E-state index contributed by atoms with van der Waals surface area (Å²) in [5.41, 5.74) is 2.89. The predicted molar refractivity (Wildman–Crippen MR) is 106 cm³/mol. The molecule has 27 heavy (non-hydrogen) atoms. The Labute approximate surface area is 161 Å². The Morgan fingerprint density at radius 2 is 2.04 bits per heavy atom. The Morgan fingerprint density at radius 1 is 1.19 bits per heavy atom. The number of piperidine rings is 1. The number of hydrogen-bond donors (Lipinski definition) is 1. The Balaban J connectivity index is 1.55. The van der Waals surface area contributed by atoms with Crippen molar-refractivity contribution in [3.8, 4) is 0 Å². The van der Waals surface area contributed by atoms with E-state index in [4.69, 9.17) is 0 Å². The zero-order valence-corrected chi connectivity index (χ0v) is 15.8. The summed E-state index contributed by atoms with van der Waals surface area (Å²) in [5, 5.41) is 10.2. The van der Waals surface area contributed by atoms with Crippen molar-refractivity contribution < 1.29 is 14.7 Å². The zero-order chi connectivity index (χ0) is 19.0. The van der Waals surface area contributed by atoms with Crippen LogP contribution in [-0.2, 0) is 0 Å². The summed E-state index contributed by atoms with van der Waals surface area (Å²) in [6.45, 7) is 3.31. The van der Waals surface area contributed by atoms with Gasteiger partial charge in [-0.1, -0.05) is 12.1 Å². The smallest absolute Gasteiger partial charge is 0.335 e. The molecule has 6 heteroatoms. The summed E-state index contributed by atoms with van der Waals surface area (Å²) < 4.78 is 1.03. The van der Waals surface area contributed by atoms with E-state index >= 15 is 0 Å². The number of rotatable bonds is 3. The fraction of sp³-hybridized carbons (Fsp3) is 0.286. The van der Waals surface area contributed by atoms with Gasteiger partial charge in [-0.3, -0.25) is 4.79 Å². The van der Waals surface area contributed by atoms with Gasteiger partial charge < -0.3 is 10.0 Å². The average Bonchev–Trinajstić information content (AvgIpc) is 3.06. The third kappa shape index (κ3) is 3.57. The van der Waals surface area contributed by atoms with Crippen LogP contribution in [0.5, 0.6) is 0 Å². The average molecular weight is 380 g/mol. The topological polar surface area (TPSA) is 70.5 Å². The molecule has 138 valence electrons. The number of likely N-dealkylation sites (tertiary alicyclic amines) is 1. The van der Waals surface area contributed by atoms with Crippen LogP contribution in [0.25, 0.3) is 10.2 Å². The van der Waals surface area contributed by atoms with Crippen LogP contribution in [0.1, 0.15) is 50.0 Å². The molecule has 1 atom stereocenters. The molecule has 1 aliphatic heterocycles. The van der Waals surface area contributed by atoms with Gasteiger partial charge in [0, 0.05) is 24.6 Å². The number of carboxylic acid groups (broad SMARTS) is 1. The van der Waals surface area contributed by atoms with Gasteiger partial charge in [0.2, 0.25) is 0 Å². The van der Waals surface area contributed by atoms with E-state index in [2.05, 4.69) is 4.98 Å². The highest BCUT2D eigenvalue weighted by atomic mass is 32.1. The van der Waals surface area contributed by atoms with Crippen molar-refractivity contribution in [3.63, 3.8) is 0 Å².